The fraction of sp³-hybridized carbons (Fsp3) is 0.562. The van der Waals surface area contributed by atoms with Crippen LogP contribution in [0.1, 0.15) is 31.4 Å². The first-order chi connectivity index (χ1) is 10.2. The van der Waals surface area contributed by atoms with Crippen molar-refractivity contribution in [3.05, 3.63) is 29.8 Å². The fourth-order valence-corrected chi connectivity index (χ4v) is 2.77. The van der Waals surface area contributed by atoms with E-state index in [1.54, 1.807) is 14.2 Å². The summed E-state index contributed by atoms with van der Waals surface area (Å²) >= 11 is 0. The number of nitrogens with one attached hydrogen (secondary N) is 1. The Bertz CT molecular complexity index is 461. The van der Waals surface area contributed by atoms with Crippen molar-refractivity contribution in [1.29, 1.82) is 0 Å². The lowest BCUT2D eigenvalue weighted by molar-refractivity contribution is 0.157. The zero-order valence-electron chi connectivity index (χ0n) is 13.0. The molecule has 2 rings (SSSR count). The number of carbonyl (C=O) groups excluding carboxylic acids is 1. The van der Waals surface area contributed by atoms with E-state index >= 15 is 0 Å². The molecule has 0 radical (unpaired) electrons. The quantitative estimate of drug-likeness (QED) is 0.907. The minimum Gasteiger partial charge on any atom is -0.497 e. The molecule has 1 saturated heterocycles. The molecule has 1 fully saturated rings. The van der Waals surface area contributed by atoms with Crippen molar-refractivity contribution in [3.8, 4) is 5.75 Å². The molecule has 5 heteroatoms. The molecular formula is C16H24N2O3. The third kappa shape index (κ3) is 3.88. The normalized spacial score (nSPS) is 19.4. The van der Waals surface area contributed by atoms with E-state index in [1.807, 2.05) is 36.1 Å². The lowest BCUT2D eigenvalue weighted by Crippen LogP contribution is -2.44. The predicted octanol–water partition coefficient (Wildman–Crippen LogP) is 2.58. The zero-order chi connectivity index (χ0) is 15.2. The van der Waals surface area contributed by atoms with Crippen LogP contribution in [-0.2, 0) is 4.74 Å². The monoisotopic (exact) mass is 292 g/mol. The maximum absolute atomic E-state index is 12.4. The van der Waals surface area contributed by atoms with Crippen molar-refractivity contribution in [2.45, 2.75) is 31.8 Å². The zero-order valence-corrected chi connectivity index (χ0v) is 13.0. The number of urea groups is 1. The SMILES string of the molecule is COCC(C)NC(=O)N1CCCC1c1ccc(OC)cc1. The Morgan fingerprint density at radius 3 is 2.71 bits per heavy atom. The van der Waals surface area contributed by atoms with Crippen LogP contribution in [0.25, 0.3) is 0 Å². The molecule has 0 saturated carbocycles. The second kappa shape index (κ2) is 7.31. The second-order valence-corrected chi connectivity index (χ2v) is 5.43. The number of likely N-dealkylation sites (tertiary alicyclic amines) is 1. The van der Waals surface area contributed by atoms with Crippen molar-refractivity contribution in [2.24, 2.45) is 0 Å². The number of carbonyl (C=O) groups is 1. The molecule has 1 N–H and O–H groups in total. The van der Waals surface area contributed by atoms with Gasteiger partial charge in [-0.05, 0) is 37.5 Å². The minimum absolute atomic E-state index is 0.0135. The van der Waals surface area contributed by atoms with Gasteiger partial charge in [0.1, 0.15) is 5.75 Å². The first-order valence-corrected chi connectivity index (χ1v) is 7.35. The smallest absolute Gasteiger partial charge is 0.318 e. The Kier molecular flexibility index (Phi) is 5.44. The second-order valence-electron chi connectivity index (χ2n) is 5.43. The Morgan fingerprint density at radius 2 is 2.10 bits per heavy atom. The maximum Gasteiger partial charge on any atom is 0.318 e. The van der Waals surface area contributed by atoms with Crippen LogP contribution in [0.5, 0.6) is 5.75 Å². The Morgan fingerprint density at radius 1 is 1.38 bits per heavy atom. The molecular weight excluding hydrogens is 268 g/mol. The van der Waals surface area contributed by atoms with Crippen LogP contribution >= 0.6 is 0 Å². The van der Waals surface area contributed by atoms with Crippen LogP contribution in [0.2, 0.25) is 0 Å². The van der Waals surface area contributed by atoms with Gasteiger partial charge in [-0.3, -0.25) is 0 Å². The van der Waals surface area contributed by atoms with E-state index in [4.69, 9.17) is 9.47 Å². The van der Waals surface area contributed by atoms with Gasteiger partial charge in [-0.1, -0.05) is 12.1 Å². The molecule has 116 valence electrons. The largest absolute Gasteiger partial charge is 0.497 e. The summed E-state index contributed by atoms with van der Waals surface area (Å²) in [4.78, 5) is 14.3. The summed E-state index contributed by atoms with van der Waals surface area (Å²) in [5.41, 5.74) is 1.16. The van der Waals surface area contributed by atoms with Gasteiger partial charge in [0.15, 0.2) is 0 Å². The van der Waals surface area contributed by atoms with Crippen molar-refractivity contribution in [3.63, 3.8) is 0 Å². The number of hydrogen-bond acceptors (Lipinski definition) is 3. The summed E-state index contributed by atoms with van der Waals surface area (Å²) in [6, 6.07) is 8.10. The van der Waals surface area contributed by atoms with Gasteiger partial charge in [-0.15, -0.1) is 0 Å². The first-order valence-electron chi connectivity index (χ1n) is 7.35. The first kappa shape index (κ1) is 15.6. The summed E-state index contributed by atoms with van der Waals surface area (Å²) in [6.45, 7) is 3.26. The lowest BCUT2D eigenvalue weighted by atomic mass is 10.0. The number of nitrogens with zero attached hydrogens (tertiary/aromatic N) is 1. The number of rotatable bonds is 5. The summed E-state index contributed by atoms with van der Waals surface area (Å²) in [7, 11) is 3.29. The Balaban J connectivity index is 2.03. The molecule has 1 aliphatic rings. The molecule has 0 spiro atoms. The summed E-state index contributed by atoms with van der Waals surface area (Å²) < 4.78 is 10.2. The molecule has 2 atom stereocenters. The van der Waals surface area contributed by atoms with Crippen LogP contribution in [0.4, 0.5) is 4.79 Å². The molecule has 0 bridgehead atoms. The van der Waals surface area contributed by atoms with Crippen LogP contribution < -0.4 is 10.1 Å². The standard InChI is InChI=1S/C16H24N2O3/c1-12(11-20-2)17-16(19)18-10-4-5-15(18)13-6-8-14(21-3)9-7-13/h6-9,12,15H,4-5,10-11H2,1-3H3,(H,17,19). The van der Waals surface area contributed by atoms with Crippen LogP contribution in [-0.4, -0.2) is 44.3 Å². The highest BCUT2D eigenvalue weighted by molar-refractivity contribution is 5.75. The summed E-state index contributed by atoms with van der Waals surface area (Å²) in [6.07, 6.45) is 2.03. The molecule has 21 heavy (non-hydrogen) atoms. The van der Waals surface area contributed by atoms with Gasteiger partial charge in [0, 0.05) is 13.7 Å². The highest BCUT2D eigenvalue weighted by Gasteiger charge is 2.30. The van der Waals surface area contributed by atoms with Gasteiger partial charge in [0.25, 0.3) is 0 Å². The van der Waals surface area contributed by atoms with E-state index < -0.39 is 0 Å². The fourth-order valence-electron chi connectivity index (χ4n) is 2.77. The summed E-state index contributed by atoms with van der Waals surface area (Å²) in [5.74, 6) is 0.835. The van der Waals surface area contributed by atoms with Crippen molar-refractivity contribution >= 4 is 6.03 Å². The van der Waals surface area contributed by atoms with Gasteiger partial charge in [0.2, 0.25) is 0 Å². The Hall–Kier alpha value is -1.75. The molecule has 1 aromatic rings. The van der Waals surface area contributed by atoms with Crippen molar-refractivity contribution in [1.82, 2.24) is 10.2 Å². The third-order valence-corrected chi connectivity index (χ3v) is 3.80. The minimum atomic E-state index is -0.0159. The van der Waals surface area contributed by atoms with E-state index in [9.17, 15) is 4.79 Å². The maximum atomic E-state index is 12.4. The van der Waals surface area contributed by atoms with Gasteiger partial charge in [-0.25, -0.2) is 4.79 Å². The molecule has 1 aliphatic heterocycles. The molecule has 1 heterocycles. The van der Waals surface area contributed by atoms with Gasteiger partial charge < -0.3 is 19.7 Å². The number of methoxy groups -OCH3 is 2. The molecule has 2 unspecified atom stereocenters. The topological polar surface area (TPSA) is 50.8 Å². The third-order valence-electron chi connectivity index (χ3n) is 3.80. The van der Waals surface area contributed by atoms with Crippen molar-refractivity contribution < 1.29 is 14.3 Å². The van der Waals surface area contributed by atoms with E-state index in [1.165, 1.54) is 0 Å². The van der Waals surface area contributed by atoms with Crippen LogP contribution in [0, 0.1) is 0 Å². The van der Waals surface area contributed by atoms with Crippen molar-refractivity contribution in [2.75, 3.05) is 27.4 Å². The average molecular weight is 292 g/mol. The van der Waals surface area contributed by atoms with Gasteiger partial charge in [-0.2, -0.15) is 0 Å². The number of benzene rings is 1. The number of amides is 2. The van der Waals surface area contributed by atoms with Gasteiger partial charge in [0.05, 0.1) is 25.8 Å². The average Bonchev–Trinajstić information content (AvgIpc) is 2.97. The van der Waals surface area contributed by atoms with Crippen LogP contribution in [0.15, 0.2) is 24.3 Å². The lowest BCUT2D eigenvalue weighted by Gasteiger charge is -2.27. The Labute approximate surface area is 126 Å². The van der Waals surface area contributed by atoms with E-state index in [-0.39, 0.29) is 18.1 Å². The highest BCUT2D eigenvalue weighted by Crippen LogP contribution is 2.32. The molecule has 0 aliphatic carbocycles. The molecule has 0 aromatic heterocycles. The highest BCUT2D eigenvalue weighted by atomic mass is 16.5. The van der Waals surface area contributed by atoms with Gasteiger partial charge >= 0.3 is 6.03 Å². The summed E-state index contributed by atoms with van der Waals surface area (Å²) in [5, 5.41) is 2.98. The van der Waals surface area contributed by atoms with E-state index in [0.717, 1.165) is 30.7 Å². The predicted molar refractivity (Wildman–Crippen MR) is 81.5 cm³/mol. The van der Waals surface area contributed by atoms with E-state index in [0.29, 0.717) is 6.61 Å². The number of ether oxygens (including phenoxy) is 2. The number of hydrogen-bond donors (Lipinski definition) is 1. The molecule has 1 aromatic carbocycles. The van der Waals surface area contributed by atoms with Crippen LogP contribution in [0.3, 0.4) is 0 Å². The van der Waals surface area contributed by atoms with E-state index in [2.05, 4.69) is 5.32 Å². The molecule has 5 nitrogen and oxygen atoms in total. The molecule has 2 amide bonds.